The van der Waals surface area contributed by atoms with E-state index in [4.69, 9.17) is 5.73 Å². The number of aryl methyl sites for hydroxylation is 1. The minimum atomic E-state index is -3.52. The van der Waals surface area contributed by atoms with Crippen LogP contribution in [0.5, 0.6) is 0 Å². The molecule has 108 valence electrons. The Kier molecular flexibility index (Phi) is 4.22. The van der Waals surface area contributed by atoms with Crippen molar-refractivity contribution in [2.75, 3.05) is 0 Å². The molecule has 2 aromatic rings. The minimum absolute atomic E-state index is 0.116. The summed E-state index contributed by atoms with van der Waals surface area (Å²) in [4.78, 5) is 0.228. The Morgan fingerprint density at radius 3 is 2.50 bits per heavy atom. The first-order chi connectivity index (χ1) is 9.38. The Morgan fingerprint density at radius 1 is 1.35 bits per heavy atom. The molecule has 20 heavy (non-hydrogen) atoms. The van der Waals surface area contributed by atoms with Gasteiger partial charge in [0.15, 0.2) is 0 Å². The molecule has 1 unspecified atom stereocenters. The zero-order valence-electron chi connectivity index (χ0n) is 11.4. The second-order valence-corrected chi connectivity index (χ2v) is 6.47. The SMILES string of the molecule is CC(N)c1ccc(S(=O)(=O)NCc2cnn(C)c2)cc1. The summed E-state index contributed by atoms with van der Waals surface area (Å²) in [6, 6.07) is 6.45. The van der Waals surface area contributed by atoms with Crippen molar-refractivity contribution < 1.29 is 8.42 Å². The lowest BCUT2D eigenvalue weighted by atomic mass is 10.1. The molecular weight excluding hydrogens is 276 g/mol. The van der Waals surface area contributed by atoms with E-state index in [0.29, 0.717) is 0 Å². The van der Waals surface area contributed by atoms with Crippen molar-refractivity contribution in [1.82, 2.24) is 14.5 Å². The highest BCUT2D eigenvalue weighted by molar-refractivity contribution is 7.89. The van der Waals surface area contributed by atoms with Crippen LogP contribution in [-0.4, -0.2) is 18.2 Å². The highest BCUT2D eigenvalue weighted by Gasteiger charge is 2.14. The molecule has 0 aliphatic carbocycles. The van der Waals surface area contributed by atoms with Crippen LogP contribution in [0.4, 0.5) is 0 Å². The predicted octanol–water partition coefficient (Wildman–Crippen LogP) is 0.918. The summed E-state index contributed by atoms with van der Waals surface area (Å²) in [5, 5.41) is 3.99. The van der Waals surface area contributed by atoms with E-state index in [0.717, 1.165) is 11.1 Å². The summed E-state index contributed by atoms with van der Waals surface area (Å²) in [7, 11) is -1.74. The molecule has 0 aliphatic heterocycles. The monoisotopic (exact) mass is 294 g/mol. The summed E-state index contributed by atoms with van der Waals surface area (Å²) in [6.07, 6.45) is 3.39. The van der Waals surface area contributed by atoms with Crippen LogP contribution in [0.3, 0.4) is 0 Å². The van der Waals surface area contributed by atoms with Gasteiger partial charge in [0.05, 0.1) is 11.1 Å². The van der Waals surface area contributed by atoms with Crippen molar-refractivity contribution in [2.24, 2.45) is 12.8 Å². The fourth-order valence-electron chi connectivity index (χ4n) is 1.78. The topological polar surface area (TPSA) is 90.0 Å². The molecule has 0 saturated heterocycles. The van der Waals surface area contributed by atoms with Crippen LogP contribution in [0.1, 0.15) is 24.1 Å². The molecule has 0 fully saturated rings. The van der Waals surface area contributed by atoms with E-state index in [1.807, 2.05) is 6.92 Å². The molecule has 2 rings (SSSR count). The van der Waals surface area contributed by atoms with Crippen molar-refractivity contribution in [2.45, 2.75) is 24.4 Å². The van der Waals surface area contributed by atoms with Crippen LogP contribution < -0.4 is 10.5 Å². The summed E-state index contributed by atoms with van der Waals surface area (Å²) >= 11 is 0. The van der Waals surface area contributed by atoms with E-state index in [9.17, 15) is 8.42 Å². The van der Waals surface area contributed by atoms with Gasteiger partial charge in [-0.3, -0.25) is 4.68 Å². The van der Waals surface area contributed by atoms with Crippen molar-refractivity contribution in [3.8, 4) is 0 Å². The molecule has 1 aromatic heterocycles. The fourth-order valence-corrected chi connectivity index (χ4v) is 2.79. The number of sulfonamides is 1. The Bertz CT molecular complexity index is 675. The number of nitrogens with two attached hydrogens (primary N) is 1. The third-order valence-electron chi connectivity index (χ3n) is 2.94. The van der Waals surface area contributed by atoms with Crippen LogP contribution in [0.2, 0.25) is 0 Å². The van der Waals surface area contributed by atoms with Gasteiger partial charge in [0, 0.05) is 31.4 Å². The summed E-state index contributed by atoms with van der Waals surface area (Å²) in [5.74, 6) is 0. The molecule has 1 atom stereocenters. The molecule has 0 spiro atoms. The van der Waals surface area contributed by atoms with E-state index < -0.39 is 10.0 Å². The van der Waals surface area contributed by atoms with Gasteiger partial charge in [-0.2, -0.15) is 5.10 Å². The second-order valence-electron chi connectivity index (χ2n) is 4.70. The van der Waals surface area contributed by atoms with E-state index in [2.05, 4.69) is 9.82 Å². The molecule has 0 radical (unpaired) electrons. The molecule has 1 aromatic carbocycles. The van der Waals surface area contributed by atoms with E-state index in [-0.39, 0.29) is 17.5 Å². The molecule has 3 N–H and O–H groups in total. The van der Waals surface area contributed by atoms with Gasteiger partial charge in [0.25, 0.3) is 0 Å². The molecule has 0 amide bonds. The number of benzene rings is 1. The van der Waals surface area contributed by atoms with Gasteiger partial charge in [-0.05, 0) is 24.6 Å². The minimum Gasteiger partial charge on any atom is -0.324 e. The number of nitrogens with zero attached hydrogens (tertiary/aromatic N) is 2. The summed E-state index contributed by atoms with van der Waals surface area (Å²) < 4.78 is 28.4. The molecule has 0 aliphatic rings. The van der Waals surface area contributed by atoms with Gasteiger partial charge in [-0.15, -0.1) is 0 Å². The fraction of sp³-hybridized carbons (Fsp3) is 0.308. The van der Waals surface area contributed by atoms with Gasteiger partial charge in [0.2, 0.25) is 10.0 Å². The van der Waals surface area contributed by atoms with Crippen LogP contribution >= 0.6 is 0 Å². The number of rotatable bonds is 5. The predicted molar refractivity (Wildman–Crippen MR) is 76.3 cm³/mol. The van der Waals surface area contributed by atoms with Crippen molar-refractivity contribution in [3.05, 3.63) is 47.8 Å². The molecule has 0 saturated carbocycles. The van der Waals surface area contributed by atoms with Gasteiger partial charge in [-0.1, -0.05) is 12.1 Å². The van der Waals surface area contributed by atoms with E-state index >= 15 is 0 Å². The number of aromatic nitrogens is 2. The lowest BCUT2D eigenvalue weighted by molar-refractivity contribution is 0.581. The van der Waals surface area contributed by atoms with Gasteiger partial charge in [-0.25, -0.2) is 13.1 Å². The average Bonchev–Trinajstić information content (AvgIpc) is 2.82. The molecule has 1 heterocycles. The number of hydrogen-bond donors (Lipinski definition) is 2. The Balaban J connectivity index is 2.09. The quantitative estimate of drug-likeness (QED) is 0.858. The zero-order valence-corrected chi connectivity index (χ0v) is 12.3. The van der Waals surface area contributed by atoms with Gasteiger partial charge >= 0.3 is 0 Å². The van der Waals surface area contributed by atoms with Gasteiger partial charge < -0.3 is 5.73 Å². The summed E-state index contributed by atoms with van der Waals surface area (Å²) in [6.45, 7) is 2.06. The molecule has 6 nitrogen and oxygen atoms in total. The first kappa shape index (κ1) is 14.7. The standard InChI is InChI=1S/C13H18N4O2S/c1-10(14)12-3-5-13(6-4-12)20(18,19)16-8-11-7-15-17(2)9-11/h3-7,9-10,16H,8,14H2,1-2H3. The first-order valence-electron chi connectivity index (χ1n) is 6.21. The van der Waals surface area contributed by atoms with E-state index in [1.54, 1.807) is 48.4 Å². The maximum atomic E-state index is 12.1. The van der Waals surface area contributed by atoms with E-state index in [1.165, 1.54) is 0 Å². The largest absolute Gasteiger partial charge is 0.324 e. The van der Waals surface area contributed by atoms with Crippen molar-refractivity contribution >= 4 is 10.0 Å². The van der Waals surface area contributed by atoms with Crippen molar-refractivity contribution in [3.63, 3.8) is 0 Å². The molecule has 0 bridgehead atoms. The third-order valence-corrected chi connectivity index (χ3v) is 4.36. The maximum absolute atomic E-state index is 12.1. The lowest BCUT2D eigenvalue weighted by Gasteiger charge is -2.08. The van der Waals surface area contributed by atoms with Gasteiger partial charge in [0.1, 0.15) is 0 Å². The summed E-state index contributed by atoms with van der Waals surface area (Å²) in [5.41, 5.74) is 7.44. The Hall–Kier alpha value is -1.70. The lowest BCUT2D eigenvalue weighted by Crippen LogP contribution is -2.23. The smallest absolute Gasteiger partial charge is 0.240 e. The van der Waals surface area contributed by atoms with Crippen LogP contribution in [0.15, 0.2) is 41.6 Å². The Morgan fingerprint density at radius 2 is 2.00 bits per heavy atom. The highest BCUT2D eigenvalue weighted by atomic mass is 32.2. The molecular formula is C13H18N4O2S. The first-order valence-corrected chi connectivity index (χ1v) is 7.69. The molecule has 7 heteroatoms. The highest BCUT2D eigenvalue weighted by Crippen LogP contribution is 2.14. The van der Waals surface area contributed by atoms with Crippen LogP contribution in [-0.2, 0) is 23.6 Å². The van der Waals surface area contributed by atoms with Crippen molar-refractivity contribution in [1.29, 1.82) is 0 Å². The Labute approximate surface area is 118 Å². The maximum Gasteiger partial charge on any atom is 0.240 e. The number of nitrogens with one attached hydrogen (secondary N) is 1. The van der Waals surface area contributed by atoms with Crippen LogP contribution in [0.25, 0.3) is 0 Å². The average molecular weight is 294 g/mol. The second kappa shape index (κ2) is 5.74. The normalized spacial score (nSPS) is 13.3. The zero-order chi connectivity index (χ0) is 14.8. The third kappa shape index (κ3) is 3.44. The number of hydrogen-bond acceptors (Lipinski definition) is 4. The van der Waals surface area contributed by atoms with Crippen LogP contribution in [0, 0.1) is 0 Å².